The van der Waals surface area contributed by atoms with Crippen LogP contribution in [-0.2, 0) is 16.6 Å². The van der Waals surface area contributed by atoms with Crippen molar-refractivity contribution >= 4 is 26.7 Å². The monoisotopic (exact) mass is 458 g/mol. The Kier molecular flexibility index (Phi) is 6.08. The molecule has 0 saturated carbocycles. The first-order chi connectivity index (χ1) is 14.5. The molecule has 0 spiro atoms. The van der Waals surface area contributed by atoms with Crippen molar-refractivity contribution in [2.45, 2.75) is 17.8 Å². The predicted octanol–water partition coefficient (Wildman–Crippen LogP) is 2.81. The number of nitrogens with zero attached hydrogens (tertiary/aromatic N) is 2. The molecule has 0 atom stereocenters. The zero-order valence-corrected chi connectivity index (χ0v) is 17.0. The number of benzene rings is 2. The van der Waals surface area contributed by atoms with Gasteiger partial charge in [-0.15, -0.1) is 13.2 Å². The Morgan fingerprint density at radius 3 is 2.32 bits per heavy atom. The van der Waals surface area contributed by atoms with Crippen molar-refractivity contribution < 1.29 is 35.8 Å². The lowest BCUT2D eigenvalue weighted by Crippen LogP contribution is -2.19. The molecule has 3 rings (SSSR count). The van der Waals surface area contributed by atoms with Crippen LogP contribution in [0.2, 0.25) is 0 Å². The van der Waals surface area contributed by atoms with E-state index in [-0.39, 0.29) is 22.8 Å². The summed E-state index contributed by atoms with van der Waals surface area (Å²) in [6.07, 6.45) is -3.71. The first kappa shape index (κ1) is 22.4. The second-order valence-corrected chi connectivity index (χ2v) is 7.72. The van der Waals surface area contributed by atoms with Gasteiger partial charge in [0, 0.05) is 23.6 Å². The third kappa shape index (κ3) is 5.24. The fourth-order valence-corrected chi connectivity index (χ4v) is 3.36. The maximum absolute atomic E-state index is 12.8. The number of sulfonamides is 1. The SMILES string of the molecule is COc1cc2ncnc(NCc3cc(S(N)(=O)=O)ccc3OC(F)(F)F)c2cc1OC. The zero-order valence-electron chi connectivity index (χ0n) is 16.2. The van der Waals surface area contributed by atoms with Gasteiger partial charge >= 0.3 is 6.36 Å². The largest absolute Gasteiger partial charge is 0.573 e. The average molecular weight is 458 g/mol. The molecule has 0 saturated heterocycles. The van der Waals surface area contributed by atoms with E-state index in [0.717, 1.165) is 18.2 Å². The molecule has 3 aromatic rings. The number of halogens is 3. The number of nitrogens with two attached hydrogens (primary N) is 1. The number of ether oxygens (including phenoxy) is 3. The van der Waals surface area contributed by atoms with Crippen LogP contribution in [-0.4, -0.2) is 39.0 Å². The number of methoxy groups -OCH3 is 2. The third-order valence-corrected chi connectivity index (χ3v) is 5.08. The molecule has 0 unspecified atom stereocenters. The summed E-state index contributed by atoms with van der Waals surface area (Å²) in [6, 6.07) is 6.02. The molecule has 0 fully saturated rings. The van der Waals surface area contributed by atoms with E-state index >= 15 is 0 Å². The number of primary sulfonamides is 1. The minimum atomic E-state index is -4.97. The van der Waals surface area contributed by atoms with Crippen molar-refractivity contribution in [3.8, 4) is 17.2 Å². The number of rotatable bonds is 7. The van der Waals surface area contributed by atoms with Crippen LogP contribution in [0.3, 0.4) is 0 Å². The number of alkyl halides is 3. The number of anilines is 1. The van der Waals surface area contributed by atoms with Gasteiger partial charge in [0.25, 0.3) is 0 Å². The summed E-state index contributed by atoms with van der Waals surface area (Å²) in [5.41, 5.74) is 0.385. The molecule has 3 N–H and O–H groups in total. The molecular formula is C18H17F3N4O5S. The molecule has 166 valence electrons. The minimum absolute atomic E-state index is 0.101. The van der Waals surface area contributed by atoms with Crippen LogP contribution in [0.5, 0.6) is 17.2 Å². The van der Waals surface area contributed by atoms with Gasteiger partial charge in [-0.3, -0.25) is 0 Å². The highest BCUT2D eigenvalue weighted by Crippen LogP contribution is 2.34. The highest BCUT2D eigenvalue weighted by molar-refractivity contribution is 7.89. The van der Waals surface area contributed by atoms with Crippen molar-refractivity contribution in [1.82, 2.24) is 9.97 Å². The van der Waals surface area contributed by atoms with E-state index in [1.54, 1.807) is 12.1 Å². The minimum Gasteiger partial charge on any atom is -0.493 e. The Balaban J connectivity index is 2.00. The van der Waals surface area contributed by atoms with Crippen molar-refractivity contribution in [2.75, 3.05) is 19.5 Å². The Hall–Kier alpha value is -3.32. The smallest absolute Gasteiger partial charge is 0.493 e. The third-order valence-electron chi connectivity index (χ3n) is 4.17. The van der Waals surface area contributed by atoms with Gasteiger partial charge in [0.2, 0.25) is 10.0 Å². The molecular weight excluding hydrogens is 441 g/mol. The quantitative estimate of drug-likeness (QED) is 0.554. The Labute approximate surface area is 175 Å². The zero-order chi connectivity index (χ0) is 22.8. The van der Waals surface area contributed by atoms with Crippen LogP contribution >= 0.6 is 0 Å². The van der Waals surface area contributed by atoms with Crippen molar-refractivity contribution in [1.29, 1.82) is 0 Å². The number of hydrogen-bond donors (Lipinski definition) is 2. The standard InChI is InChI=1S/C18H17F3N4O5S/c1-28-15-6-12-13(7-16(15)29-2)24-9-25-17(12)23-8-10-5-11(31(22,26)27)3-4-14(10)30-18(19,20)21/h3-7,9H,8H2,1-2H3,(H2,22,26,27)(H,23,24,25). The van der Waals surface area contributed by atoms with E-state index in [4.69, 9.17) is 14.6 Å². The maximum atomic E-state index is 12.8. The normalized spacial score (nSPS) is 11.9. The second kappa shape index (κ2) is 8.43. The topological polar surface area (TPSA) is 126 Å². The molecule has 0 amide bonds. The van der Waals surface area contributed by atoms with E-state index in [0.29, 0.717) is 22.4 Å². The molecule has 9 nitrogen and oxygen atoms in total. The van der Waals surface area contributed by atoms with Gasteiger partial charge in [0.15, 0.2) is 11.5 Å². The van der Waals surface area contributed by atoms with Gasteiger partial charge in [0.05, 0.1) is 24.6 Å². The fourth-order valence-electron chi connectivity index (χ4n) is 2.80. The van der Waals surface area contributed by atoms with Crippen LogP contribution in [0.4, 0.5) is 19.0 Å². The molecule has 0 aliphatic heterocycles. The molecule has 0 radical (unpaired) electrons. The number of aromatic nitrogens is 2. The van der Waals surface area contributed by atoms with Gasteiger partial charge in [-0.2, -0.15) is 0 Å². The van der Waals surface area contributed by atoms with Gasteiger partial charge in [-0.1, -0.05) is 0 Å². The maximum Gasteiger partial charge on any atom is 0.573 e. The summed E-state index contributed by atoms with van der Waals surface area (Å²) in [4.78, 5) is 7.88. The second-order valence-electron chi connectivity index (χ2n) is 6.16. The summed E-state index contributed by atoms with van der Waals surface area (Å²) in [7, 11) is -1.23. The Bertz CT molecular complexity index is 1220. The van der Waals surface area contributed by atoms with Gasteiger partial charge in [0.1, 0.15) is 17.9 Å². The predicted molar refractivity (Wildman–Crippen MR) is 104 cm³/mol. The molecule has 1 heterocycles. The first-order valence-electron chi connectivity index (χ1n) is 8.54. The highest BCUT2D eigenvalue weighted by Gasteiger charge is 2.32. The lowest BCUT2D eigenvalue weighted by molar-refractivity contribution is -0.274. The highest BCUT2D eigenvalue weighted by atomic mass is 32.2. The number of fused-ring (bicyclic) bond motifs is 1. The van der Waals surface area contributed by atoms with Crippen LogP contribution in [0, 0.1) is 0 Å². The van der Waals surface area contributed by atoms with Crippen LogP contribution < -0.4 is 24.7 Å². The summed E-state index contributed by atoms with van der Waals surface area (Å²) >= 11 is 0. The van der Waals surface area contributed by atoms with Crippen LogP contribution in [0.25, 0.3) is 10.9 Å². The summed E-state index contributed by atoms with van der Waals surface area (Å²) in [5, 5.41) is 8.45. The van der Waals surface area contributed by atoms with E-state index in [2.05, 4.69) is 20.0 Å². The number of hydrogen-bond acceptors (Lipinski definition) is 8. The Morgan fingerprint density at radius 1 is 1.03 bits per heavy atom. The molecule has 0 aliphatic rings. The summed E-state index contributed by atoms with van der Waals surface area (Å²) in [5.74, 6) is 0.515. The molecule has 31 heavy (non-hydrogen) atoms. The fraction of sp³-hybridized carbons (Fsp3) is 0.222. The Morgan fingerprint density at radius 2 is 1.71 bits per heavy atom. The lowest BCUT2D eigenvalue weighted by Gasteiger charge is -2.16. The van der Waals surface area contributed by atoms with Crippen molar-refractivity contribution in [3.63, 3.8) is 0 Å². The molecule has 0 aliphatic carbocycles. The molecule has 0 bridgehead atoms. The molecule has 1 aromatic heterocycles. The van der Waals surface area contributed by atoms with Gasteiger partial charge in [-0.05, 0) is 24.3 Å². The van der Waals surface area contributed by atoms with E-state index in [1.807, 2.05) is 0 Å². The van der Waals surface area contributed by atoms with E-state index in [9.17, 15) is 21.6 Å². The number of nitrogens with one attached hydrogen (secondary N) is 1. The molecule has 2 aromatic carbocycles. The van der Waals surface area contributed by atoms with Crippen molar-refractivity contribution in [3.05, 3.63) is 42.2 Å². The average Bonchev–Trinajstić information content (AvgIpc) is 2.69. The van der Waals surface area contributed by atoms with Gasteiger partial charge < -0.3 is 19.5 Å². The van der Waals surface area contributed by atoms with Crippen LogP contribution in [0.1, 0.15) is 5.56 Å². The van der Waals surface area contributed by atoms with Gasteiger partial charge in [-0.25, -0.2) is 23.5 Å². The van der Waals surface area contributed by atoms with E-state index < -0.39 is 22.1 Å². The molecule has 13 heteroatoms. The van der Waals surface area contributed by atoms with Crippen LogP contribution in [0.15, 0.2) is 41.6 Å². The summed E-state index contributed by atoms with van der Waals surface area (Å²) in [6.45, 7) is -0.255. The summed E-state index contributed by atoms with van der Waals surface area (Å²) < 4.78 is 75.9. The van der Waals surface area contributed by atoms with Crippen molar-refractivity contribution in [2.24, 2.45) is 5.14 Å². The first-order valence-corrected chi connectivity index (χ1v) is 10.1. The van der Waals surface area contributed by atoms with E-state index in [1.165, 1.54) is 20.5 Å². The lowest BCUT2D eigenvalue weighted by atomic mass is 10.1.